The van der Waals surface area contributed by atoms with Gasteiger partial charge >= 0.3 is 4.83 Å². The fourth-order valence-electron chi connectivity index (χ4n) is 0.177. The normalized spacial score (nSPS) is 12.4. The van der Waals surface area contributed by atoms with E-state index in [9.17, 15) is 8.78 Å². The summed E-state index contributed by atoms with van der Waals surface area (Å²) in [6, 6.07) is 0. The van der Waals surface area contributed by atoms with Gasteiger partial charge in [0.05, 0.1) is 0 Å². The summed E-state index contributed by atoms with van der Waals surface area (Å²) in [4.78, 5) is -2.89. The number of hydrogen-bond donors (Lipinski definition) is 0. The van der Waals surface area contributed by atoms with Gasteiger partial charge in [0.25, 0.3) is 0 Å². The van der Waals surface area contributed by atoms with Crippen molar-refractivity contribution in [2.45, 2.75) is 4.83 Å². The molecule has 0 aliphatic rings. The molecule has 0 amide bonds. The Morgan fingerprint density at radius 2 is 2.00 bits per heavy atom. The quantitative estimate of drug-likeness (QED) is 0.456. The molecule has 46 valence electrons. The number of rotatable bonds is 2. The van der Waals surface area contributed by atoms with Crippen LogP contribution in [0.5, 0.6) is 0 Å². The first-order chi connectivity index (χ1) is 3.56. The maximum atomic E-state index is 11.7. The first kappa shape index (κ1) is 7.82. The van der Waals surface area contributed by atoms with Crippen LogP contribution in [0.25, 0.3) is 0 Å². The lowest BCUT2D eigenvalue weighted by atomic mass is 10.5. The molecule has 0 aromatic heterocycles. The van der Waals surface area contributed by atoms with Crippen LogP contribution in [-0.2, 0) is 0 Å². The smallest absolute Gasteiger partial charge is 0.189 e. The second-order valence-corrected chi connectivity index (χ2v) is 2.19. The van der Waals surface area contributed by atoms with Crippen molar-refractivity contribution in [3.05, 3.63) is 24.8 Å². The molecule has 0 nitrogen and oxygen atoms in total. The van der Waals surface area contributed by atoms with Crippen LogP contribution in [-0.4, -0.2) is 4.83 Å². The van der Waals surface area contributed by atoms with E-state index in [0.29, 0.717) is 6.08 Å². The number of allylic oxidation sites excluding steroid dienone is 3. The van der Waals surface area contributed by atoms with E-state index in [1.54, 1.807) is 0 Å². The Bertz CT molecular complexity index is 101. The standard InChI is InChI=1S/C5H5BrF2/c1-2-3-4-5(6,7)8/h2-4H,1H2/b4-3+. The molecule has 0 radical (unpaired) electrons. The molecule has 0 rings (SSSR count). The molecule has 0 atom stereocenters. The summed E-state index contributed by atoms with van der Waals surface area (Å²) in [6.45, 7) is 3.22. The Morgan fingerprint density at radius 1 is 1.50 bits per heavy atom. The van der Waals surface area contributed by atoms with Crippen LogP contribution in [0.1, 0.15) is 0 Å². The molecule has 0 aliphatic carbocycles. The van der Waals surface area contributed by atoms with Crippen molar-refractivity contribution in [3.63, 3.8) is 0 Å². The summed E-state index contributed by atoms with van der Waals surface area (Å²) < 4.78 is 23.4. The van der Waals surface area contributed by atoms with E-state index < -0.39 is 4.83 Å². The van der Waals surface area contributed by atoms with E-state index in [1.807, 2.05) is 0 Å². The van der Waals surface area contributed by atoms with Gasteiger partial charge in [-0.05, 0) is 22.0 Å². The highest BCUT2D eigenvalue weighted by atomic mass is 79.9. The average molecular weight is 183 g/mol. The summed E-state index contributed by atoms with van der Waals surface area (Å²) >= 11 is 2.11. The predicted octanol–water partition coefficient (Wildman–Crippen LogP) is 2.72. The van der Waals surface area contributed by atoms with Gasteiger partial charge in [0.1, 0.15) is 0 Å². The summed E-state index contributed by atoms with van der Waals surface area (Å²) in [5.74, 6) is 0. The summed E-state index contributed by atoms with van der Waals surface area (Å²) in [5, 5.41) is 0. The molecule has 8 heavy (non-hydrogen) atoms. The van der Waals surface area contributed by atoms with Crippen LogP contribution in [0.15, 0.2) is 24.8 Å². The summed E-state index contributed by atoms with van der Waals surface area (Å²) in [6.07, 6.45) is 3.17. The number of hydrogen-bond acceptors (Lipinski definition) is 0. The van der Waals surface area contributed by atoms with Gasteiger partial charge < -0.3 is 0 Å². The zero-order valence-electron chi connectivity index (χ0n) is 4.07. The van der Waals surface area contributed by atoms with E-state index in [1.165, 1.54) is 12.2 Å². The van der Waals surface area contributed by atoms with Crippen molar-refractivity contribution in [1.29, 1.82) is 0 Å². The second-order valence-electron chi connectivity index (χ2n) is 1.14. The van der Waals surface area contributed by atoms with Crippen LogP contribution in [0, 0.1) is 0 Å². The van der Waals surface area contributed by atoms with Crippen LogP contribution in [0.2, 0.25) is 0 Å². The average Bonchev–Trinajstić information content (AvgIpc) is 1.59. The molecule has 0 spiro atoms. The van der Waals surface area contributed by atoms with E-state index in [0.717, 1.165) is 0 Å². The molecular formula is C5H5BrF2. The van der Waals surface area contributed by atoms with Crippen molar-refractivity contribution in [2.24, 2.45) is 0 Å². The van der Waals surface area contributed by atoms with Gasteiger partial charge in [0.2, 0.25) is 0 Å². The molecule has 0 N–H and O–H groups in total. The molecule has 0 fully saturated rings. The molecule has 0 bridgehead atoms. The molecule has 0 unspecified atom stereocenters. The highest BCUT2D eigenvalue weighted by molar-refractivity contribution is 9.10. The van der Waals surface area contributed by atoms with Crippen LogP contribution >= 0.6 is 15.9 Å². The molecule has 0 aromatic rings. The van der Waals surface area contributed by atoms with Crippen LogP contribution < -0.4 is 0 Å². The highest BCUT2D eigenvalue weighted by Gasteiger charge is 2.17. The molecule has 0 heterocycles. The third kappa shape index (κ3) is 5.82. The van der Waals surface area contributed by atoms with Crippen molar-refractivity contribution < 1.29 is 8.78 Å². The van der Waals surface area contributed by atoms with Gasteiger partial charge in [-0.3, -0.25) is 0 Å². The Hall–Kier alpha value is -0.180. The summed E-state index contributed by atoms with van der Waals surface area (Å²) in [7, 11) is 0. The van der Waals surface area contributed by atoms with E-state index in [4.69, 9.17) is 0 Å². The lowest BCUT2D eigenvalue weighted by molar-refractivity contribution is 0.171. The van der Waals surface area contributed by atoms with Crippen molar-refractivity contribution >= 4 is 15.9 Å². The lowest BCUT2D eigenvalue weighted by Gasteiger charge is -1.96. The van der Waals surface area contributed by atoms with E-state index in [2.05, 4.69) is 22.5 Å². The van der Waals surface area contributed by atoms with Gasteiger partial charge in [0, 0.05) is 0 Å². The van der Waals surface area contributed by atoms with Gasteiger partial charge in [-0.15, -0.1) is 0 Å². The second kappa shape index (κ2) is 2.97. The molecule has 0 aliphatic heterocycles. The zero-order chi connectivity index (χ0) is 6.62. The Labute approximate surface area is 55.0 Å². The fourth-order valence-corrected chi connectivity index (χ4v) is 0.330. The Kier molecular flexibility index (Phi) is 2.90. The van der Waals surface area contributed by atoms with Gasteiger partial charge in [-0.1, -0.05) is 18.7 Å². The van der Waals surface area contributed by atoms with Crippen molar-refractivity contribution in [3.8, 4) is 0 Å². The SMILES string of the molecule is C=C/C=C/C(F)(F)Br. The molecule has 3 heteroatoms. The number of alkyl halides is 3. The van der Waals surface area contributed by atoms with Crippen LogP contribution in [0.3, 0.4) is 0 Å². The lowest BCUT2D eigenvalue weighted by Crippen LogP contribution is -1.96. The maximum Gasteiger partial charge on any atom is 0.320 e. The molecule has 0 saturated heterocycles. The first-order valence-corrected chi connectivity index (χ1v) is 2.72. The van der Waals surface area contributed by atoms with Crippen LogP contribution in [0.4, 0.5) is 8.78 Å². The number of halogens is 3. The topological polar surface area (TPSA) is 0 Å². The predicted molar refractivity (Wildman–Crippen MR) is 33.2 cm³/mol. The van der Waals surface area contributed by atoms with E-state index >= 15 is 0 Å². The summed E-state index contributed by atoms with van der Waals surface area (Å²) in [5.41, 5.74) is 0. The van der Waals surface area contributed by atoms with Gasteiger partial charge in [0.15, 0.2) is 0 Å². The third-order valence-electron chi connectivity index (χ3n) is 0.421. The third-order valence-corrected chi connectivity index (χ3v) is 0.686. The highest BCUT2D eigenvalue weighted by Crippen LogP contribution is 2.22. The fraction of sp³-hybridized carbons (Fsp3) is 0.200. The Morgan fingerprint density at radius 3 is 2.12 bits per heavy atom. The van der Waals surface area contributed by atoms with Gasteiger partial charge in [-0.2, -0.15) is 8.78 Å². The minimum atomic E-state index is -2.89. The van der Waals surface area contributed by atoms with Crippen molar-refractivity contribution in [2.75, 3.05) is 0 Å². The largest absolute Gasteiger partial charge is 0.320 e. The first-order valence-electron chi connectivity index (χ1n) is 1.93. The van der Waals surface area contributed by atoms with Crippen molar-refractivity contribution in [1.82, 2.24) is 0 Å². The minimum Gasteiger partial charge on any atom is -0.189 e. The minimum absolute atomic E-state index is 0.708. The molecule has 0 aromatic carbocycles. The van der Waals surface area contributed by atoms with Gasteiger partial charge in [-0.25, -0.2) is 0 Å². The molecule has 0 saturated carbocycles. The maximum absolute atomic E-state index is 11.7. The Balaban J connectivity index is 3.69. The zero-order valence-corrected chi connectivity index (χ0v) is 5.66. The monoisotopic (exact) mass is 182 g/mol. The molecular weight excluding hydrogens is 178 g/mol. The van der Waals surface area contributed by atoms with E-state index in [-0.39, 0.29) is 0 Å².